The number of aromatic nitrogens is 2. The number of hydrogen-bond donors (Lipinski definition) is 0. The van der Waals surface area contributed by atoms with Crippen LogP contribution >= 0.6 is 11.6 Å². The number of halogens is 1. The van der Waals surface area contributed by atoms with Crippen molar-refractivity contribution in [3.8, 4) is 0 Å². The van der Waals surface area contributed by atoms with Gasteiger partial charge in [-0.2, -0.15) is 0 Å². The first-order valence-electron chi connectivity index (χ1n) is 6.27. The van der Waals surface area contributed by atoms with E-state index in [9.17, 15) is 0 Å². The first-order valence-corrected chi connectivity index (χ1v) is 6.65. The minimum Gasteiger partial charge on any atom is -0.383 e. The SMILES string of the molecule is CCC(C)N(CCOC)c1nnc(Cl)c(C)c1C. The average molecular weight is 272 g/mol. The summed E-state index contributed by atoms with van der Waals surface area (Å²) in [4.78, 5) is 2.23. The van der Waals surface area contributed by atoms with E-state index in [1.807, 2.05) is 13.8 Å². The van der Waals surface area contributed by atoms with Gasteiger partial charge >= 0.3 is 0 Å². The third kappa shape index (κ3) is 3.33. The second kappa shape index (κ2) is 6.90. The zero-order valence-electron chi connectivity index (χ0n) is 11.8. The molecule has 0 radical (unpaired) electrons. The predicted molar refractivity (Wildman–Crippen MR) is 75.5 cm³/mol. The predicted octanol–water partition coefficient (Wildman–Crippen LogP) is 3.00. The molecule has 0 aliphatic heterocycles. The Balaban J connectivity index is 3.08. The van der Waals surface area contributed by atoms with Gasteiger partial charge in [0.25, 0.3) is 0 Å². The molecule has 1 aromatic heterocycles. The summed E-state index contributed by atoms with van der Waals surface area (Å²) in [6.45, 7) is 9.83. The maximum Gasteiger partial charge on any atom is 0.155 e. The lowest BCUT2D eigenvalue weighted by Crippen LogP contribution is -2.37. The van der Waals surface area contributed by atoms with E-state index < -0.39 is 0 Å². The van der Waals surface area contributed by atoms with Gasteiger partial charge in [0, 0.05) is 19.7 Å². The van der Waals surface area contributed by atoms with Crippen LogP contribution in [0.25, 0.3) is 0 Å². The molecular weight excluding hydrogens is 250 g/mol. The lowest BCUT2D eigenvalue weighted by atomic mass is 10.1. The molecule has 5 heteroatoms. The Morgan fingerprint density at radius 1 is 1.28 bits per heavy atom. The van der Waals surface area contributed by atoms with Crippen molar-refractivity contribution in [2.24, 2.45) is 0 Å². The summed E-state index contributed by atoms with van der Waals surface area (Å²) in [6.07, 6.45) is 1.05. The molecule has 0 spiro atoms. The van der Waals surface area contributed by atoms with Crippen molar-refractivity contribution in [2.75, 3.05) is 25.2 Å². The van der Waals surface area contributed by atoms with Crippen LogP contribution in [0.4, 0.5) is 5.82 Å². The summed E-state index contributed by atoms with van der Waals surface area (Å²) in [7, 11) is 1.71. The van der Waals surface area contributed by atoms with Gasteiger partial charge in [-0.25, -0.2) is 0 Å². The van der Waals surface area contributed by atoms with Gasteiger partial charge in [-0.05, 0) is 38.3 Å². The topological polar surface area (TPSA) is 38.2 Å². The highest BCUT2D eigenvalue weighted by molar-refractivity contribution is 6.30. The third-order valence-corrected chi connectivity index (χ3v) is 3.73. The molecule has 0 aliphatic carbocycles. The molecule has 1 rings (SSSR count). The Kier molecular flexibility index (Phi) is 5.82. The summed E-state index contributed by atoms with van der Waals surface area (Å²) in [5, 5.41) is 8.75. The molecule has 4 nitrogen and oxygen atoms in total. The number of hydrogen-bond acceptors (Lipinski definition) is 4. The van der Waals surface area contributed by atoms with E-state index in [1.165, 1.54) is 0 Å². The van der Waals surface area contributed by atoms with Gasteiger partial charge in [-0.15, -0.1) is 10.2 Å². The van der Waals surface area contributed by atoms with Gasteiger partial charge in [0.1, 0.15) is 0 Å². The quantitative estimate of drug-likeness (QED) is 0.797. The normalized spacial score (nSPS) is 12.6. The van der Waals surface area contributed by atoms with Crippen molar-refractivity contribution < 1.29 is 4.74 Å². The van der Waals surface area contributed by atoms with Gasteiger partial charge in [0.15, 0.2) is 11.0 Å². The molecule has 0 amide bonds. The first kappa shape index (κ1) is 15.2. The molecule has 18 heavy (non-hydrogen) atoms. The van der Waals surface area contributed by atoms with Crippen molar-refractivity contribution in [3.63, 3.8) is 0 Å². The first-order chi connectivity index (χ1) is 8.52. The Morgan fingerprint density at radius 3 is 2.50 bits per heavy atom. The van der Waals surface area contributed by atoms with Gasteiger partial charge in [-0.3, -0.25) is 0 Å². The van der Waals surface area contributed by atoms with Crippen LogP contribution in [0.15, 0.2) is 0 Å². The van der Waals surface area contributed by atoms with E-state index in [-0.39, 0.29) is 0 Å². The van der Waals surface area contributed by atoms with E-state index >= 15 is 0 Å². The van der Waals surface area contributed by atoms with Crippen LogP contribution in [0.3, 0.4) is 0 Å². The fourth-order valence-electron chi connectivity index (χ4n) is 1.78. The maximum absolute atomic E-state index is 5.99. The van der Waals surface area contributed by atoms with Crippen LogP contribution in [0.1, 0.15) is 31.4 Å². The molecule has 1 heterocycles. The standard InChI is InChI=1S/C13H22ClN3O/c1-6-9(2)17(7-8-18-5)13-11(4)10(3)12(14)15-16-13/h9H,6-8H2,1-5H3. The summed E-state index contributed by atoms with van der Waals surface area (Å²) < 4.78 is 5.17. The number of anilines is 1. The van der Waals surface area contributed by atoms with E-state index in [2.05, 4.69) is 28.9 Å². The van der Waals surface area contributed by atoms with Crippen LogP contribution < -0.4 is 4.90 Å². The highest BCUT2D eigenvalue weighted by Gasteiger charge is 2.18. The van der Waals surface area contributed by atoms with Crippen molar-refractivity contribution in [2.45, 2.75) is 40.2 Å². The lowest BCUT2D eigenvalue weighted by Gasteiger charge is -2.30. The van der Waals surface area contributed by atoms with Gasteiger partial charge < -0.3 is 9.64 Å². The number of ether oxygens (including phenoxy) is 1. The highest BCUT2D eigenvalue weighted by Crippen LogP contribution is 2.25. The van der Waals surface area contributed by atoms with Gasteiger partial charge in [0.2, 0.25) is 0 Å². The molecule has 0 bridgehead atoms. The van der Waals surface area contributed by atoms with Crippen LogP contribution in [-0.2, 0) is 4.74 Å². The summed E-state index contributed by atoms with van der Waals surface area (Å²) >= 11 is 5.99. The zero-order valence-corrected chi connectivity index (χ0v) is 12.6. The van der Waals surface area contributed by atoms with Gasteiger partial charge in [0.05, 0.1) is 6.61 Å². The lowest BCUT2D eigenvalue weighted by molar-refractivity contribution is 0.203. The minimum atomic E-state index is 0.397. The summed E-state index contributed by atoms with van der Waals surface area (Å²) in [6, 6.07) is 0.397. The van der Waals surface area contributed by atoms with E-state index in [1.54, 1.807) is 7.11 Å². The molecule has 0 aliphatic rings. The van der Waals surface area contributed by atoms with Crippen LogP contribution in [0.5, 0.6) is 0 Å². The molecule has 1 atom stereocenters. The molecule has 0 N–H and O–H groups in total. The van der Waals surface area contributed by atoms with Crippen molar-refractivity contribution in [1.29, 1.82) is 0 Å². The minimum absolute atomic E-state index is 0.397. The Morgan fingerprint density at radius 2 is 1.94 bits per heavy atom. The fraction of sp³-hybridized carbons (Fsp3) is 0.692. The van der Waals surface area contributed by atoms with Crippen molar-refractivity contribution in [1.82, 2.24) is 10.2 Å². The third-order valence-electron chi connectivity index (χ3n) is 3.37. The van der Waals surface area contributed by atoms with Crippen LogP contribution in [0, 0.1) is 13.8 Å². The molecular formula is C13H22ClN3O. The number of nitrogens with zero attached hydrogens (tertiary/aromatic N) is 3. The molecule has 0 saturated carbocycles. The molecule has 1 unspecified atom stereocenters. The molecule has 1 aromatic rings. The molecule has 0 saturated heterocycles. The Labute approximate surface area is 114 Å². The number of rotatable bonds is 6. The Bertz CT molecular complexity index is 398. The second-order valence-electron chi connectivity index (χ2n) is 4.51. The van der Waals surface area contributed by atoms with Crippen LogP contribution in [0.2, 0.25) is 5.15 Å². The van der Waals surface area contributed by atoms with Crippen molar-refractivity contribution in [3.05, 3.63) is 16.3 Å². The highest BCUT2D eigenvalue weighted by atomic mass is 35.5. The van der Waals surface area contributed by atoms with Crippen molar-refractivity contribution >= 4 is 17.4 Å². The van der Waals surface area contributed by atoms with E-state index in [0.29, 0.717) is 17.8 Å². The van der Waals surface area contributed by atoms with Gasteiger partial charge in [-0.1, -0.05) is 18.5 Å². The molecule has 102 valence electrons. The average Bonchev–Trinajstić information content (AvgIpc) is 2.38. The summed E-state index contributed by atoms with van der Waals surface area (Å²) in [5.74, 6) is 0.906. The largest absolute Gasteiger partial charge is 0.383 e. The van der Waals surface area contributed by atoms with E-state index in [0.717, 1.165) is 29.9 Å². The monoisotopic (exact) mass is 271 g/mol. The number of methoxy groups -OCH3 is 1. The molecule has 0 fully saturated rings. The molecule has 0 aromatic carbocycles. The zero-order chi connectivity index (χ0) is 13.7. The smallest absolute Gasteiger partial charge is 0.155 e. The second-order valence-corrected chi connectivity index (χ2v) is 4.87. The Hall–Kier alpha value is -0.870. The fourth-order valence-corrected chi connectivity index (χ4v) is 1.96. The van der Waals surface area contributed by atoms with Crippen LogP contribution in [-0.4, -0.2) is 36.5 Å². The maximum atomic E-state index is 5.99. The summed E-state index contributed by atoms with van der Waals surface area (Å²) in [5.41, 5.74) is 2.08. The van der Waals surface area contributed by atoms with E-state index in [4.69, 9.17) is 16.3 Å².